The van der Waals surface area contributed by atoms with Crippen LogP contribution in [0.4, 0.5) is 5.69 Å². The molecule has 0 saturated heterocycles. The Kier molecular flexibility index (Phi) is 3.72. The molecule has 7 heteroatoms. The number of hydrogen-bond donors (Lipinski definition) is 1. The second kappa shape index (κ2) is 6.38. The number of fused-ring (bicyclic) bond motifs is 2. The molecular weight excluding hydrogens is 356 g/mol. The van der Waals surface area contributed by atoms with E-state index in [0.29, 0.717) is 22.8 Å². The molecule has 5 rings (SSSR count). The average molecular weight is 372 g/mol. The van der Waals surface area contributed by atoms with Crippen LogP contribution < -0.4 is 14.8 Å². The van der Waals surface area contributed by atoms with Gasteiger partial charge in [-0.2, -0.15) is 0 Å². The SMILES string of the molecule is Cc1ccc(-c2cn3cccnc3n2)cc1NC(=O)c1ccc2c(c1)OCO2. The lowest BCUT2D eigenvalue weighted by Crippen LogP contribution is -2.12. The molecular formula is C21H16N4O3. The number of imidazole rings is 1. The minimum absolute atomic E-state index is 0.176. The predicted octanol–water partition coefficient (Wildman–Crippen LogP) is 3.69. The number of amides is 1. The summed E-state index contributed by atoms with van der Waals surface area (Å²) < 4.78 is 12.5. The molecule has 0 unspecified atom stereocenters. The number of carbonyl (C=O) groups excluding carboxylic acids is 1. The standard InChI is InChI=1S/C21H16N4O3/c1-13-3-4-14(17-11-25-8-2-7-22-21(25)24-17)9-16(13)23-20(26)15-5-6-18-19(10-15)28-12-27-18/h2-11H,12H2,1H3,(H,23,26). The lowest BCUT2D eigenvalue weighted by molar-refractivity contribution is 0.102. The van der Waals surface area contributed by atoms with Gasteiger partial charge in [0.05, 0.1) is 5.69 Å². The van der Waals surface area contributed by atoms with Gasteiger partial charge in [-0.25, -0.2) is 9.97 Å². The van der Waals surface area contributed by atoms with Gasteiger partial charge in [-0.05, 0) is 42.8 Å². The van der Waals surface area contributed by atoms with E-state index in [1.807, 2.05) is 48.0 Å². The number of aryl methyl sites for hydroxylation is 1. The normalized spacial score (nSPS) is 12.3. The first kappa shape index (κ1) is 16.3. The summed E-state index contributed by atoms with van der Waals surface area (Å²) in [6.45, 7) is 2.12. The second-order valence-electron chi connectivity index (χ2n) is 6.50. The highest BCUT2D eigenvalue weighted by atomic mass is 16.7. The molecule has 2 aromatic carbocycles. The molecule has 3 heterocycles. The van der Waals surface area contributed by atoms with Crippen molar-refractivity contribution in [2.24, 2.45) is 0 Å². The first-order valence-corrected chi connectivity index (χ1v) is 8.79. The molecule has 2 aromatic heterocycles. The Morgan fingerprint density at radius 1 is 1.14 bits per heavy atom. The van der Waals surface area contributed by atoms with Gasteiger partial charge in [0.2, 0.25) is 12.6 Å². The van der Waals surface area contributed by atoms with E-state index < -0.39 is 0 Å². The molecule has 0 bridgehead atoms. The van der Waals surface area contributed by atoms with Crippen LogP contribution in [0.1, 0.15) is 15.9 Å². The summed E-state index contributed by atoms with van der Waals surface area (Å²) in [6, 6.07) is 12.9. The van der Waals surface area contributed by atoms with Gasteiger partial charge in [-0.3, -0.25) is 9.20 Å². The molecule has 0 radical (unpaired) electrons. The largest absolute Gasteiger partial charge is 0.454 e. The van der Waals surface area contributed by atoms with E-state index in [2.05, 4.69) is 15.3 Å². The van der Waals surface area contributed by atoms with Crippen molar-refractivity contribution in [1.29, 1.82) is 0 Å². The molecule has 4 aromatic rings. The highest BCUT2D eigenvalue weighted by molar-refractivity contribution is 6.05. The molecule has 1 N–H and O–H groups in total. The quantitative estimate of drug-likeness (QED) is 0.593. The van der Waals surface area contributed by atoms with Crippen LogP contribution in [0.3, 0.4) is 0 Å². The smallest absolute Gasteiger partial charge is 0.255 e. The van der Waals surface area contributed by atoms with E-state index in [1.54, 1.807) is 24.4 Å². The lowest BCUT2D eigenvalue weighted by Gasteiger charge is -2.10. The monoisotopic (exact) mass is 372 g/mol. The number of carbonyl (C=O) groups is 1. The number of rotatable bonds is 3. The summed E-state index contributed by atoms with van der Waals surface area (Å²) in [7, 11) is 0. The van der Waals surface area contributed by atoms with Crippen molar-refractivity contribution in [3.8, 4) is 22.8 Å². The third-order valence-corrected chi connectivity index (χ3v) is 4.65. The maximum Gasteiger partial charge on any atom is 0.255 e. The van der Waals surface area contributed by atoms with Gasteiger partial charge in [0.1, 0.15) is 0 Å². The molecule has 0 atom stereocenters. The van der Waals surface area contributed by atoms with Gasteiger partial charge in [0.25, 0.3) is 5.91 Å². The van der Waals surface area contributed by atoms with Gasteiger partial charge >= 0.3 is 0 Å². The topological polar surface area (TPSA) is 77.8 Å². The highest BCUT2D eigenvalue weighted by Gasteiger charge is 2.17. The Bertz CT molecular complexity index is 1180. The minimum Gasteiger partial charge on any atom is -0.454 e. The number of ether oxygens (including phenoxy) is 2. The summed E-state index contributed by atoms with van der Waals surface area (Å²) in [4.78, 5) is 21.5. The molecule has 7 nitrogen and oxygen atoms in total. The van der Waals surface area contributed by atoms with Crippen molar-refractivity contribution in [2.45, 2.75) is 6.92 Å². The van der Waals surface area contributed by atoms with E-state index in [-0.39, 0.29) is 12.7 Å². The van der Waals surface area contributed by atoms with Gasteiger partial charge in [0.15, 0.2) is 11.5 Å². The van der Waals surface area contributed by atoms with Crippen LogP contribution in [0, 0.1) is 6.92 Å². The molecule has 0 spiro atoms. The zero-order valence-corrected chi connectivity index (χ0v) is 15.0. The second-order valence-corrected chi connectivity index (χ2v) is 6.50. The zero-order chi connectivity index (χ0) is 19.1. The maximum absolute atomic E-state index is 12.7. The third-order valence-electron chi connectivity index (χ3n) is 4.65. The zero-order valence-electron chi connectivity index (χ0n) is 15.0. The molecule has 1 amide bonds. The molecule has 1 aliphatic heterocycles. The number of anilines is 1. The minimum atomic E-state index is -0.213. The van der Waals surface area contributed by atoms with Crippen LogP contribution in [-0.4, -0.2) is 27.1 Å². The van der Waals surface area contributed by atoms with Crippen molar-refractivity contribution in [2.75, 3.05) is 12.1 Å². The van der Waals surface area contributed by atoms with Crippen LogP contribution >= 0.6 is 0 Å². The van der Waals surface area contributed by atoms with Gasteiger partial charge in [0, 0.05) is 35.4 Å². The molecule has 0 saturated carbocycles. The van der Waals surface area contributed by atoms with Crippen molar-refractivity contribution < 1.29 is 14.3 Å². The number of hydrogen-bond acceptors (Lipinski definition) is 5. The molecule has 1 aliphatic rings. The van der Waals surface area contributed by atoms with Gasteiger partial charge < -0.3 is 14.8 Å². The molecule has 28 heavy (non-hydrogen) atoms. The molecule has 0 fully saturated rings. The Labute approximate surface area is 160 Å². The Hall–Kier alpha value is -3.87. The van der Waals surface area contributed by atoms with Gasteiger partial charge in [-0.1, -0.05) is 12.1 Å². The van der Waals surface area contributed by atoms with Crippen molar-refractivity contribution in [3.63, 3.8) is 0 Å². The van der Waals surface area contributed by atoms with Crippen LogP contribution in [0.2, 0.25) is 0 Å². The predicted molar refractivity (Wildman–Crippen MR) is 104 cm³/mol. The van der Waals surface area contributed by atoms with E-state index in [1.165, 1.54) is 0 Å². The summed E-state index contributed by atoms with van der Waals surface area (Å²) in [5.74, 6) is 1.64. The number of nitrogens with one attached hydrogen (secondary N) is 1. The van der Waals surface area contributed by atoms with E-state index >= 15 is 0 Å². The fraction of sp³-hybridized carbons (Fsp3) is 0.0952. The van der Waals surface area contributed by atoms with E-state index in [9.17, 15) is 4.79 Å². The van der Waals surface area contributed by atoms with Crippen LogP contribution in [-0.2, 0) is 0 Å². The fourth-order valence-corrected chi connectivity index (χ4v) is 3.12. The first-order valence-electron chi connectivity index (χ1n) is 8.79. The van der Waals surface area contributed by atoms with Crippen molar-refractivity contribution in [3.05, 3.63) is 72.2 Å². The van der Waals surface area contributed by atoms with Crippen LogP contribution in [0.25, 0.3) is 17.0 Å². The lowest BCUT2D eigenvalue weighted by atomic mass is 10.1. The number of benzene rings is 2. The summed E-state index contributed by atoms with van der Waals surface area (Å²) in [5.41, 5.74) is 3.88. The Morgan fingerprint density at radius 3 is 2.93 bits per heavy atom. The van der Waals surface area contributed by atoms with Crippen LogP contribution in [0.15, 0.2) is 61.1 Å². The highest BCUT2D eigenvalue weighted by Crippen LogP contribution is 2.33. The summed E-state index contributed by atoms with van der Waals surface area (Å²) >= 11 is 0. The Morgan fingerprint density at radius 2 is 2.04 bits per heavy atom. The summed E-state index contributed by atoms with van der Waals surface area (Å²) in [5, 5.41) is 2.98. The van der Waals surface area contributed by atoms with Crippen molar-refractivity contribution >= 4 is 17.4 Å². The molecule has 138 valence electrons. The van der Waals surface area contributed by atoms with E-state index in [4.69, 9.17) is 9.47 Å². The summed E-state index contributed by atoms with van der Waals surface area (Å²) in [6.07, 6.45) is 5.52. The third kappa shape index (κ3) is 2.83. The maximum atomic E-state index is 12.7. The first-order chi connectivity index (χ1) is 13.7. The van der Waals surface area contributed by atoms with Crippen molar-refractivity contribution in [1.82, 2.24) is 14.4 Å². The average Bonchev–Trinajstić information content (AvgIpc) is 3.35. The van der Waals surface area contributed by atoms with Crippen LogP contribution in [0.5, 0.6) is 11.5 Å². The number of nitrogens with zero attached hydrogens (tertiary/aromatic N) is 3. The fourth-order valence-electron chi connectivity index (χ4n) is 3.12. The van der Waals surface area contributed by atoms with E-state index in [0.717, 1.165) is 22.5 Å². The van der Waals surface area contributed by atoms with Gasteiger partial charge in [-0.15, -0.1) is 0 Å². The number of aromatic nitrogens is 3. The molecule has 0 aliphatic carbocycles. The Balaban J connectivity index is 1.45.